The lowest BCUT2D eigenvalue weighted by Gasteiger charge is -2.34. The van der Waals surface area contributed by atoms with Gasteiger partial charge in [-0.3, -0.25) is 14.7 Å². The molecule has 12 heteroatoms. The van der Waals surface area contributed by atoms with Crippen molar-refractivity contribution >= 4 is 22.8 Å². The second-order valence-electron chi connectivity index (χ2n) is 8.71. The molecule has 0 radical (unpaired) electrons. The number of H-pyrrole nitrogens is 1. The van der Waals surface area contributed by atoms with Gasteiger partial charge in [0, 0.05) is 31.7 Å². The summed E-state index contributed by atoms with van der Waals surface area (Å²) in [7, 11) is 0. The van der Waals surface area contributed by atoms with Gasteiger partial charge in [0.25, 0.3) is 11.8 Å². The van der Waals surface area contributed by atoms with Crippen LogP contribution in [0.3, 0.4) is 0 Å². The summed E-state index contributed by atoms with van der Waals surface area (Å²) < 4.78 is 46.1. The van der Waals surface area contributed by atoms with Crippen molar-refractivity contribution in [1.29, 1.82) is 0 Å². The summed E-state index contributed by atoms with van der Waals surface area (Å²) in [4.78, 5) is 29.3. The summed E-state index contributed by atoms with van der Waals surface area (Å²) in [5.74, 6) is 0.125. The van der Waals surface area contributed by atoms with Crippen LogP contribution < -0.4 is 9.47 Å². The lowest BCUT2D eigenvalue weighted by atomic mass is 9.89. The number of carbonyl (C=O) groups excluding carboxylic acids is 2. The number of hydrogen-bond donors (Lipinski definition) is 1. The van der Waals surface area contributed by atoms with Crippen molar-refractivity contribution in [3.8, 4) is 11.5 Å². The zero-order valence-electron chi connectivity index (χ0n) is 18.5. The normalized spacial score (nSPS) is 20.1. The average molecular weight is 489 g/mol. The number of fused-ring (bicyclic) bond motifs is 2. The van der Waals surface area contributed by atoms with E-state index in [1.807, 2.05) is 4.90 Å². The molecule has 2 atom stereocenters. The molecule has 2 aliphatic heterocycles. The minimum absolute atomic E-state index is 0.0662. The van der Waals surface area contributed by atoms with E-state index in [9.17, 15) is 22.8 Å². The molecule has 0 saturated carbocycles. The third-order valence-electron chi connectivity index (χ3n) is 6.43. The summed E-state index contributed by atoms with van der Waals surface area (Å²) in [5.41, 5.74) is 1.95. The molecule has 5 rings (SSSR count). The quantitative estimate of drug-likeness (QED) is 0.592. The van der Waals surface area contributed by atoms with E-state index in [-0.39, 0.29) is 35.8 Å². The van der Waals surface area contributed by atoms with Gasteiger partial charge in [0.1, 0.15) is 17.0 Å². The molecule has 0 unspecified atom stereocenters. The molecule has 0 aliphatic carbocycles. The zero-order chi connectivity index (χ0) is 24.6. The number of likely N-dealkylation sites (tertiary alicyclic amines) is 2. The van der Waals surface area contributed by atoms with Crippen molar-refractivity contribution in [2.24, 2.45) is 11.8 Å². The van der Waals surface area contributed by atoms with Gasteiger partial charge < -0.3 is 19.3 Å². The van der Waals surface area contributed by atoms with E-state index in [0.717, 1.165) is 24.1 Å². The van der Waals surface area contributed by atoms with Gasteiger partial charge in [0.05, 0.1) is 5.52 Å². The summed E-state index contributed by atoms with van der Waals surface area (Å²) in [5, 5.41) is 10.5. The third kappa shape index (κ3) is 5.15. The van der Waals surface area contributed by atoms with E-state index in [2.05, 4.69) is 20.1 Å². The Kier molecular flexibility index (Phi) is 5.95. The van der Waals surface area contributed by atoms with Crippen LogP contribution in [-0.2, 0) is 4.79 Å². The molecule has 35 heavy (non-hydrogen) atoms. The predicted molar refractivity (Wildman–Crippen MR) is 117 cm³/mol. The number of ether oxygens (including phenoxy) is 2. The van der Waals surface area contributed by atoms with Crippen LogP contribution >= 0.6 is 0 Å². The largest absolute Gasteiger partial charge is 0.573 e. The van der Waals surface area contributed by atoms with Crippen molar-refractivity contribution in [1.82, 2.24) is 25.2 Å². The highest BCUT2D eigenvalue weighted by molar-refractivity contribution is 5.97. The SMILES string of the molecule is O=C(COc1ccc(OC(F)(F)F)cc1)N1CC[C@H]2CN(C(=O)c3ccc4[nH]nnc4c3)C[C@@H]2C1. The van der Waals surface area contributed by atoms with Crippen molar-refractivity contribution in [2.75, 3.05) is 32.8 Å². The van der Waals surface area contributed by atoms with Gasteiger partial charge in [-0.25, -0.2) is 0 Å². The van der Waals surface area contributed by atoms with Gasteiger partial charge >= 0.3 is 6.36 Å². The molecule has 3 aromatic rings. The lowest BCUT2D eigenvalue weighted by molar-refractivity contribution is -0.274. The number of rotatable bonds is 5. The Labute approximate surface area is 197 Å². The smallest absolute Gasteiger partial charge is 0.484 e. The Bertz CT molecular complexity index is 1230. The van der Waals surface area contributed by atoms with E-state index in [1.165, 1.54) is 12.1 Å². The van der Waals surface area contributed by atoms with Crippen molar-refractivity contribution in [3.63, 3.8) is 0 Å². The molecular weight excluding hydrogens is 467 g/mol. The summed E-state index contributed by atoms with van der Waals surface area (Å²) in [6.07, 6.45) is -3.98. The molecule has 0 spiro atoms. The Morgan fingerprint density at radius 1 is 1.00 bits per heavy atom. The van der Waals surface area contributed by atoms with Gasteiger partial charge in [0.15, 0.2) is 6.61 Å². The number of amides is 2. The first-order chi connectivity index (χ1) is 16.7. The van der Waals surface area contributed by atoms with Gasteiger partial charge in [-0.1, -0.05) is 5.21 Å². The van der Waals surface area contributed by atoms with E-state index < -0.39 is 6.36 Å². The van der Waals surface area contributed by atoms with Crippen LogP contribution in [0.1, 0.15) is 16.8 Å². The molecule has 2 saturated heterocycles. The lowest BCUT2D eigenvalue weighted by Crippen LogP contribution is -2.45. The second kappa shape index (κ2) is 9.08. The number of alkyl halides is 3. The second-order valence-corrected chi connectivity index (χ2v) is 8.71. The van der Waals surface area contributed by atoms with Crippen LogP contribution in [0.15, 0.2) is 42.5 Å². The third-order valence-corrected chi connectivity index (χ3v) is 6.43. The fraction of sp³-hybridized carbons (Fsp3) is 0.391. The standard InChI is InChI=1S/C23H22F3N5O4/c24-23(25,26)35-18-4-2-17(3-5-18)34-13-21(32)30-8-7-15-10-31(12-16(15)11-30)22(33)14-1-6-19-20(9-14)28-29-27-19/h1-6,9,15-16H,7-8,10-13H2,(H,27,28,29)/t15-,16-/m0/s1. The minimum atomic E-state index is -4.77. The topological polar surface area (TPSA) is 101 Å². The number of nitrogens with one attached hydrogen (secondary N) is 1. The highest BCUT2D eigenvalue weighted by Crippen LogP contribution is 2.32. The Morgan fingerprint density at radius 2 is 1.71 bits per heavy atom. The fourth-order valence-electron chi connectivity index (χ4n) is 4.69. The molecule has 184 valence electrons. The van der Waals surface area contributed by atoms with Crippen LogP contribution in [0.25, 0.3) is 11.0 Å². The van der Waals surface area contributed by atoms with Gasteiger partial charge in [-0.15, -0.1) is 18.3 Å². The number of aromatic nitrogens is 3. The molecule has 2 fully saturated rings. The summed E-state index contributed by atoms with van der Waals surface area (Å²) in [6.45, 7) is 2.07. The van der Waals surface area contributed by atoms with E-state index in [0.29, 0.717) is 43.2 Å². The molecule has 9 nitrogen and oxygen atoms in total. The van der Waals surface area contributed by atoms with Crippen LogP contribution in [-0.4, -0.2) is 76.2 Å². The van der Waals surface area contributed by atoms with E-state index >= 15 is 0 Å². The number of carbonyl (C=O) groups is 2. The molecule has 2 amide bonds. The maximum absolute atomic E-state index is 13.0. The van der Waals surface area contributed by atoms with Crippen LogP contribution in [0.2, 0.25) is 0 Å². The van der Waals surface area contributed by atoms with Gasteiger partial charge in [-0.05, 0) is 60.7 Å². The fourth-order valence-corrected chi connectivity index (χ4v) is 4.69. The molecule has 3 heterocycles. The first-order valence-corrected chi connectivity index (χ1v) is 11.1. The number of nitrogens with zero attached hydrogens (tertiary/aromatic N) is 4. The Balaban J connectivity index is 1.13. The van der Waals surface area contributed by atoms with Gasteiger partial charge in [0.2, 0.25) is 0 Å². The number of aromatic amines is 1. The highest BCUT2D eigenvalue weighted by Gasteiger charge is 2.40. The van der Waals surface area contributed by atoms with E-state index in [1.54, 1.807) is 23.1 Å². The van der Waals surface area contributed by atoms with Crippen molar-refractivity contribution in [3.05, 3.63) is 48.0 Å². The van der Waals surface area contributed by atoms with Crippen LogP contribution in [0, 0.1) is 11.8 Å². The monoisotopic (exact) mass is 489 g/mol. The first kappa shape index (κ1) is 22.9. The molecular formula is C23H22F3N5O4. The van der Waals surface area contributed by atoms with Crippen molar-refractivity contribution in [2.45, 2.75) is 12.8 Å². The Hall–Kier alpha value is -3.83. The highest BCUT2D eigenvalue weighted by atomic mass is 19.4. The number of piperidine rings is 1. The summed E-state index contributed by atoms with van der Waals surface area (Å²) >= 11 is 0. The van der Waals surface area contributed by atoms with E-state index in [4.69, 9.17) is 4.74 Å². The molecule has 2 aliphatic rings. The zero-order valence-corrected chi connectivity index (χ0v) is 18.5. The predicted octanol–water partition coefficient (Wildman–Crippen LogP) is 2.86. The van der Waals surface area contributed by atoms with Crippen LogP contribution in [0.4, 0.5) is 13.2 Å². The average Bonchev–Trinajstić information content (AvgIpc) is 3.47. The molecule has 1 aromatic heterocycles. The molecule has 2 aromatic carbocycles. The van der Waals surface area contributed by atoms with Crippen LogP contribution in [0.5, 0.6) is 11.5 Å². The first-order valence-electron chi connectivity index (χ1n) is 11.1. The maximum Gasteiger partial charge on any atom is 0.573 e. The van der Waals surface area contributed by atoms with Crippen molar-refractivity contribution < 1.29 is 32.2 Å². The minimum Gasteiger partial charge on any atom is -0.484 e. The number of hydrogen-bond acceptors (Lipinski definition) is 6. The van der Waals surface area contributed by atoms with Gasteiger partial charge in [-0.2, -0.15) is 0 Å². The Morgan fingerprint density at radius 3 is 2.49 bits per heavy atom. The summed E-state index contributed by atoms with van der Waals surface area (Å²) in [6, 6.07) is 10.1. The molecule has 0 bridgehead atoms. The number of benzene rings is 2. The number of halogens is 3. The molecule has 1 N–H and O–H groups in total. The maximum atomic E-state index is 13.0.